The molecule has 0 aromatic heterocycles. The van der Waals surface area contributed by atoms with Gasteiger partial charge in [-0.3, -0.25) is 25.2 Å². The van der Waals surface area contributed by atoms with Gasteiger partial charge in [-0.2, -0.15) is 0 Å². The van der Waals surface area contributed by atoms with E-state index < -0.39 is 11.8 Å². The lowest BCUT2D eigenvalue weighted by Crippen LogP contribution is -2.46. The molecule has 1 aliphatic carbocycles. The molecule has 1 aromatic rings. The highest BCUT2D eigenvalue weighted by Crippen LogP contribution is 2.23. The quantitative estimate of drug-likeness (QED) is 0.530. The number of ether oxygens (including phenoxy) is 1. The molecule has 26 heavy (non-hydrogen) atoms. The number of para-hydroxylation sites is 1. The molecule has 7 heteroatoms. The topological polar surface area (TPSA) is 96.5 Å². The van der Waals surface area contributed by atoms with Crippen molar-refractivity contribution >= 4 is 23.8 Å². The van der Waals surface area contributed by atoms with Gasteiger partial charge in [-0.25, -0.2) is 0 Å². The molecule has 3 N–H and O–H groups in total. The molecule has 7 nitrogen and oxygen atoms in total. The van der Waals surface area contributed by atoms with Crippen molar-refractivity contribution in [1.82, 2.24) is 16.2 Å². The summed E-state index contributed by atoms with van der Waals surface area (Å²) in [6.07, 6.45) is 7.90. The van der Waals surface area contributed by atoms with E-state index in [2.05, 4.69) is 16.2 Å². The van der Waals surface area contributed by atoms with Crippen LogP contribution in [0, 0.1) is 5.92 Å². The number of hydrogen-bond donors (Lipinski definition) is 3. The first kappa shape index (κ1) is 19.5. The van der Waals surface area contributed by atoms with Crippen LogP contribution in [0.1, 0.15) is 37.7 Å². The first-order chi connectivity index (χ1) is 12.6. The Kier molecular flexibility index (Phi) is 7.67. The Labute approximate surface area is 153 Å². The van der Waals surface area contributed by atoms with Crippen LogP contribution in [-0.2, 0) is 14.4 Å². The van der Waals surface area contributed by atoms with Crippen LogP contribution in [0.5, 0.6) is 5.75 Å². The van der Waals surface area contributed by atoms with Crippen LogP contribution < -0.4 is 20.9 Å². The van der Waals surface area contributed by atoms with Gasteiger partial charge >= 0.3 is 0 Å². The first-order valence-corrected chi connectivity index (χ1v) is 8.78. The van der Waals surface area contributed by atoms with Crippen LogP contribution in [0.25, 0.3) is 6.08 Å². The van der Waals surface area contributed by atoms with E-state index in [1.807, 2.05) is 18.2 Å². The lowest BCUT2D eigenvalue weighted by atomic mass is 9.89. The minimum Gasteiger partial charge on any atom is -0.496 e. The summed E-state index contributed by atoms with van der Waals surface area (Å²) in [6.45, 7) is -0.161. The zero-order valence-corrected chi connectivity index (χ0v) is 14.9. The van der Waals surface area contributed by atoms with Crippen LogP contribution in [0.4, 0.5) is 0 Å². The molecule has 0 aliphatic heterocycles. The molecule has 3 amide bonds. The van der Waals surface area contributed by atoms with Crippen LogP contribution >= 0.6 is 0 Å². The molecule has 1 aliphatic rings. The Hall–Kier alpha value is -2.83. The van der Waals surface area contributed by atoms with Crippen molar-refractivity contribution in [3.8, 4) is 5.75 Å². The number of rotatable bonds is 6. The Morgan fingerprint density at radius 3 is 2.58 bits per heavy atom. The third-order valence-electron chi connectivity index (χ3n) is 4.28. The van der Waals surface area contributed by atoms with Gasteiger partial charge in [0.1, 0.15) is 5.75 Å². The van der Waals surface area contributed by atoms with Crippen molar-refractivity contribution in [2.75, 3.05) is 13.7 Å². The lowest BCUT2D eigenvalue weighted by molar-refractivity contribution is -0.130. The van der Waals surface area contributed by atoms with Crippen LogP contribution in [0.15, 0.2) is 30.3 Å². The number of amides is 3. The predicted octanol–water partition coefficient (Wildman–Crippen LogP) is 1.55. The molecule has 0 heterocycles. The molecule has 0 atom stereocenters. The third kappa shape index (κ3) is 6.23. The highest BCUT2D eigenvalue weighted by molar-refractivity contribution is 5.94. The maximum atomic E-state index is 12.0. The number of carbonyl (C=O) groups is 3. The number of hydrogen-bond acceptors (Lipinski definition) is 4. The van der Waals surface area contributed by atoms with Crippen molar-refractivity contribution in [2.45, 2.75) is 32.1 Å². The van der Waals surface area contributed by atoms with Gasteiger partial charge < -0.3 is 10.1 Å². The lowest BCUT2D eigenvalue weighted by Gasteiger charge is -2.20. The second-order valence-electron chi connectivity index (χ2n) is 6.17. The first-order valence-electron chi connectivity index (χ1n) is 8.78. The molecule has 0 saturated heterocycles. The smallest absolute Gasteiger partial charge is 0.262 e. The number of nitrogens with one attached hydrogen (secondary N) is 3. The fourth-order valence-corrected chi connectivity index (χ4v) is 2.86. The molecule has 0 unspecified atom stereocenters. The minimum absolute atomic E-state index is 0.00470. The Bertz CT molecular complexity index is 667. The van der Waals surface area contributed by atoms with Crippen molar-refractivity contribution in [2.24, 2.45) is 5.92 Å². The summed E-state index contributed by atoms with van der Waals surface area (Å²) in [6, 6.07) is 7.26. The molecule has 1 aromatic carbocycles. The van der Waals surface area contributed by atoms with E-state index in [0.29, 0.717) is 5.75 Å². The summed E-state index contributed by atoms with van der Waals surface area (Å²) in [5.41, 5.74) is 5.29. The zero-order valence-electron chi connectivity index (χ0n) is 14.9. The molecular weight excluding hydrogens is 334 g/mol. The van der Waals surface area contributed by atoms with Gasteiger partial charge in [0.05, 0.1) is 13.7 Å². The van der Waals surface area contributed by atoms with E-state index in [-0.39, 0.29) is 18.4 Å². The van der Waals surface area contributed by atoms with Gasteiger partial charge in [-0.05, 0) is 25.0 Å². The van der Waals surface area contributed by atoms with Gasteiger partial charge in [0.25, 0.3) is 11.8 Å². The van der Waals surface area contributed by atoms with Crippen molar-refractivity contribution < 1.29 is 19.1 Å². The Morgan fingerprint density at radius 2 is 1.85 bits per heavy atom. The predicted molar refractivity (Wildman–Crippen MR) is 97.9 cm³/mol. The fraction of sp³-hybridized carbons (Fsp3) is 0.421. The number of methoxy groups -OCH3 is 1. The maximum Gasteiger partial charge on any atom is 0.262 e. The van der Waals surface area contributed by atoms with E-state index in [4.69, 9.17) is 4.74 Å². The zero-order chi connectivity index (χ0) is 18.8. The standard InChI is InChI=1S/C19H25N3O4/c1-26-16-10-6-5-7-14(16)11-12-17(23)21-22-18(24)13-20-19(25)15-8-3-2-4-9-15/h5-7,10-12,15H,2-4,8-9,13H2,1H3,(H,20,25)(H,21,23)(H,22,24). The molecule has 0 spiro atoms. The summed E-state index contributed by atoms with van der Waals surface area (Å²) >= 11 is 0. The molecule has 0 radical (unpaired) electrons. The minimum atomic E-state index is -0.483. The Morgan fingerprint density at radius 1 is 1.12 bits per heavy atom. The molecule has 0 bridgehead atoms. The molecule has 1 saturated carbocycles. The maximum absolute atomic E-state index is 12.0. The van der Waals surface area contributed by atoms with Gasteiger partial charge in [0.15, 0.2) is 0 Å². The van der Waals surface area contributed by atoms with Crippen LogP contribution in [0.3, 0.4) is 0 Å². The summed E-state index contributed by atoms with van der Waals surface area (Å²) in [5.74, 6) is -0.417. The Balaban J connectivity index is 1.70. The van der Waals surface area contributed by atoms with Gasteiger partial charge in [0.2, 0.25) is 5.91 Å². The number of carbonyl (C=O) groups excluding carboxylic acids is 3. The fourth-order valence-electron chi connectivity index (χ4n) is 2.86. The van der Waals surface area contributed by atoms with Crippen LogP contribution in [0.2, 0.25) is 0 Å². The van der Waals surface area contributed by atoms with Gasteiger partial charge in [-0.1, -0.05) is 37.5 Å². The highest BCUT2D eigenvalue weighted by Gasteiger charge is 2.21. The summed E-state index contributed by atoms with van der Waals surface area (Å²) < 4.78 is 5.19. The molecule has 140 valence electrons. The van der Waals surface area contributed by atoms with E-state index in [0.717, 1.165) is 31.2 Å². The molecule has 1 fully saturated rings. The number of benzene rings is 1. The van der Waals surface area contributed by atoms with Crippen molar-refractivity contribution in [3.05, 3.63) is 35.9 Å². The van der Waals surface area contributed by atoms with Gasteiger partial charge in [0, 0.05) is 17.6 Å². The van der Waals surface area contributed by atoms with Crippen molar-refractivity contribution in [3.63, 3.8) is 0 Å². The highest BCUT2D eigenvalue weighted by atomic mass is 16.5. The van der Waals surface area contributed by atoms with E-state index in [1.165, 1.54) is 12.5 Å². The summed E-state index contributed by atoms with van der Waals surface area (Å²) in [4.78, 5) is 35.4. The monoisotopic (exact) mass is 359 g/mol. The average Bonchev–Trinajstić information content (AvgIpc) is 2.69. The summed E-state index contributed by atoms with van der Waals surface area (Å²) in [7, 11) is 1.55. The van der Waals surface area contributed by atoms with Gasteiger partial charge in [-0.15, -0.1) is 0 Å². The second-order valence-corrected chi connectivity index (χ2v) is 6.17. The van der Waals surface area contributed by atoms with Crippen LogP contribution in [-0.4, -0.2) is 31.4 Å². The van der Waals surface area contributed by atoms with Crippen molar-refractivity contribution in [1.29, 1.82) is 0 Å². The average molecular weight is 359 g/mol. The largest absolute Gasteiger partial charge is 0.496 e. The third-order valence-corrected chi connectivity index (χ3v) is 4.28. The molecular formula is C19H25N3O4. The summed E-state index contributed by atoms with van der Waals surface area (Å²) in [5, 5.41) is 2.61. The number of hydrazine groups is 1. The van der Waals surface area contributed by atoms with E-state index in [9.17, 15) is 14.4 Å². The molecule has 2 rings (SSSR count). The normalized spacial score (nSPS) is 14.7. The van der Waals surface area contributed by atoms with E-state index >= 15 is 0 Å². The second kappa shape index (κ2) is 10.2. The van der Waals surface area contributed by atoms with E-state index in [1.54, 1.807) is 19.3 Å². The SMILES string of the molecule is COc1ccccc1C=CC(=O)NNC(=O)CNC(=O)C1CCCCC1.